The maximum atomic E-state index is 4.79. The third-order valence-electron chi connectivity index (χ3n) is 6.37. The topological polar surface area (TPSA) is 39.7 Å². The van der Waals surface area contributed by atoms with E-state index in [1.54, 1.807) is 0 Å². The van der Waals surface area contributed by atoms with Crippen molar-refractivity contribution >= 4 is 11.9 Å². The van der Waals surface area contributed by atoms with E-state index in [2.05, 4.69) is 103 Å². The van der Waals surface area contributed by atoms with Gasteiger partial charge < -0.3 is 0 Å². The van der Waals surface area contributed by atoms with Crippen LogP contribution in [0.15, 0.2) is 71.3 Å². The van der Waals surface area contributed by atoms with Crippen LogP contribution in [0.1, 0.15) is 63.7 Å². The number of hydrazone groups is 1. The fourth-order valence-electron chi connectivity index (χ4n) is 4.66. The summed E-state index contributed by atoms with van der Waals surface area (Å²) in [4.78, 5) is 0. The van der Waals surface area contributed by atoms with Gasteiger partial charge in [0.25, 0.3) is 0 Å². The Morgan fingerprint density at radius 2 is 1.76 bits per heavy atom. The molecule has 0 aliphatic carbocycles. The zero-order chi connectivity index (χ0) is 20.3. The molecule has 4 rings (SSSR count). The third-order valence-corrected chi connectivity index (χ3v) is 6.37. The van der Waals surface area contributed by atoms with Crippen molar-refractivity contribution in [3.63, 3.8) is 0 Å². The summed E-state index contributed by atoms with van der Waals surface area (Å²) in [6.45, 7) is 6.94. The molecule has 4 nitrogen and oxygen atoms in total. The van der Waals surface area contributed by atoms with Gasteiger partial charge in [0.15, 0.2) is 12.0 Å². The van der Waals surface area contributed by atoms with Crippen molar-refractivity contribution in [3.8, 4) is 0 Å². The normalized spacial score (nSPS) is 25.6. The monoisotopic (exact) mass is 388 g/mol. The van der Waals surface area contributed by atoms with E-state index in [1.165, 1.54) is 36.0 Å². The van der Waals surface area contributed by atoms with Gasteiger partial charge in [-0.15, -0.1) is 0 Å². The zero-order valence-electron chi connectivity index (χ0n) is 17.7. The van der Waals surface area contributed by atoms with Gasteiger partial charge >= 0.3 is 0 Å². The molecular weight excluding hydrogens is 356 g/mol. The molecule has 0 saturated carbocycles. The highest BCUT2D eigenvalue weighted by Gasteiger charge is 2.51. The van der Waals surface area contributed by atoms with Gasteiger partial charge in [-0.1, -0.05) is 93.8 Å². The van der Waals surface area contributed by atoms with Crippen molar-refractivity contribution in [2.24, 2.45) is 11.0 Å². The van der Waals surface area contributed by atoms with Gasteiger partial charge in [0, 0.05) is 5.57 Å². The van der Waals surface area contributed by atoms with Crippen molar-refractivity contribution in [3.05, 3.63) is 77.4 Å². The standard InChI is InChI=1S/C25H32N4/c1-4-6-17-21(5-2)25(3)22(18-19-13-9-7-10-14-19)24-27-26-23(29(24)28-25)20-15-11-8-12-16-20/h7-16,18,21,23,26,28H,4-6,17H2,1-3H3/b22-18+. The lowest BCUT2D eigenvalue weighted by Gasteiger charge is -2.36. The first-order valence-corrected chi connectivity index (χ1v) is 10.9. The van der Waals surface area contributed by atoms with Crippen molar-refractivity contribution in [1.29, 1.82) is 0 Å². The maximum absolute atomic E-state index is 4.79. The summed E-state index contributed by atoms with van der Waals surface area (Å²) >= 11 is 0. The van der Waals surface area contributed by atoms with E-state index < -0.39 is 0 Å². The number of rotatable bonds is 7. The molecular formula is C25H32N4. The number of nitrogens with one attached hydrogen (secondary N) is 2. The molecule has 0 spiro atoms. The minimum atomic E-state index is -0.145. The first-order valence-electron chi connectivity index (χ1n) is 10.9. The molecule has 0 aromatic heterocycles. The van der Waals surface area contributed by atoms with Crippen LogP contribution < -0.4 is 10.9 Å². The van der Waals surface area contributed by atoms with E-state index >= 15 is 0 Å². The van der Waals surface area contributed by atoms with Gasteiger partial charge in [-0.3, -0.25) is 10.4 Å². The highest BCUT2D eigenvalue weighted by Crippen LogP contribution is 2.42. The average molecular weight is 389 g/mol. The summed E-state index contributed by atoms with van der Waals surface area (Å²) < 4.78 is 0. The van der Waals surface area contributed by atoms with Gasteiger partial charge in [-0.05, 0) is 36.5 Å². The highest BCUT2D eigenvalue weighted by molar-refractivity contribution is 6.06. The van der Waals surface area contributed by atoms with E-state index in [0.29, 0.717) is 5.92 Å². The SMILES string of the molecule is CCCCC(CC)C1(C)NN2C(=NNC2c2ccccc2)/C1=C\c1ccccc1. The number of nitrogens with zero attached hydrogens (tertiary/aromatic N) is 2. The van der Waals surface area contributed by atoms with Crippen molar-refractivity contribution in [2.45, 2.75) is 58.2 Å². The summed E-state index contributed by atoms with van der Waals surface area (Å²) in [7, 11) is 0. The van der Waals surface area contributed by atoms with Crippen LogP contribution in [-0.2, 0) is 0 Å². The Kier molecular flexibility index (Phi) is 5.72. The van der Waals surface area contributed by atoms with Crippen LogP contribution in [-0.4, -0.2) is 16.4 Å². The molecule has 0 radical (unpaired) electrons. The first kappa shape index (κ1) is 19.7. The predicted molar refractivity (Wildman–Crippen MR) is 121 cm³/mol. The number of amidine groups is 1. The van der Waals surface area contributed by atoms with Crippen LogP contribution in [0.4, 0.5) is 0 Å². The maximum Gasteiger partial charge on any atom is 0.170 e. The van der Waals surface area contributed by atoms with Crippen LogP contribution in [0.5, 0.6) is 0 Å². The molecule has 3 unspecified atom stereocenters. The quantitative estimate of drug-likeness (QED) is 0.660. The Balaban J connectivity index is 1.74. The smallest absolute Gasteiger partial charge is 0.170 e. The largest absolute Gasteiger partial charge is 0.280 e. The summed E-state index contributed by atoms with van der Waals surface area (Å²) in [5, 5.41) is 7.02. The highest BCUT2D eigenvalue weighted by atomic mass is 15.7. The van der Waals surface area contributed by atoms with E-state index in [0.717, 1.165) is 12.3 Å². The number of hydrogen-bond donors (Lipinski definition) is 2. The Bertz CT molecular complexity index is 874. The van der Waals surface area contributed by atoms with Gasteiger partial charge in [0.1, 0.15) is 0 Å². The fraction of sp³-hybridized carbons (Fsp3) is 0.400. The summed E-state index contributed by atoms with van der Waals surface area (Å²) in [6.07, 6.45) is 7.16. The van der Waals surface area contributed by atoms with Crippen molar-refractivity contribution < 1.29 is 0 Å². The van der Waals surface area contributed by atoms with Crippen LogP contribution in [0.25, 0.3) is 6.08 Å². The minimum absolute atomic E-state index is 0.0101. The van der Waals surface area contributed by atoms with Crippen molar-refractivity contribution in [1.82, 2.24) is 15.9 Å². The second-order valence-electron chi connectivity index (χ2n) is 8.28. The molecule has 0 amide bonds. The molecule has 2 aliphatic heterocycles. The molecule has 152 valence electrons. The number of fused-ring (bicyclic) bond motifs is 1. The van der Waals surface area contributed by atoms with Gasteiger partial charge in [-0.25, -0.2) is 5.43 Å². The Labute approximate surface area is 174 Å². The lowest BCUT2D eigenvalue weighted by Crippen LogP contribution is -2.51. The summed E-state index contributed by atoms with van der Waals surface area (Å²) in [5.41, 5.74) is 10.8. The second kappa shape index (κ2) is 8.42. The third kappa shape index (κ3) is 3.69. The van der Waals surface area contributed by atoms with Gasteiger partial charge in [0.05, 0.1) is 5.54 Å². The second-order valence-corrected chi connectivity index (χ2v) is 8.28. The van der Waals surface area contributed by atoms with Crippen LogP contribution in [0.3, 0.4) is 0 Å². The molecule has 4 heteroatoms. The molecule has 1 fully saturated rings. The van der Waals surface area contributed by atoms with Crippen LogP contribution >= 0.6 is 0 Å². The molecule has 2 N–H and O–H groups in total. The van der Waals surface area contributed by atoms with E-state index in [9.17, 15) is 0 Å². The fourth-order valence-corrected chi connectivity index (χ4v) is 4.66. The van der Waals surface area contributed by atoms with E-state index in [4.69, 9.17) is 5.10 Å². The number of hydrazine groups is 1. The average Bonchev–Trinajstić information content (AvgIpc) is 3.28. The summed E-state index contributed by atoms with van der Waals surface area (Å²) in [5.74, 6) is 1.56. The molecule has 2 aromatic carbocycles. The van der Waals surface area contributed by atoms with E-state index in [-0.39, 0.29) is 11.7 Å². The van der Waals surface area contributed by atoms with Crippen molar-refractivity contribution in [2.75, 3.05) is 0 Å². The Morgan fingerprint density at radius 3 is 2.41 bits per heavy atom. The number of benzene rings is 2. The lowest BCUT2D eigenvalue weighted by atomic mass is 9.75. The summed E-state index contributed by atoms with van der Waals surface area (Å²) in [6, 6.07) is 21.1. The molecule has 2 aliphatic rings. The number of hydrogen-bond acceptors (Lipinski definition) is 4. The first-order chi connectivity index (χ1) is 14.2. The molecule has 29 heavy (non-hydrogen) atoms. The lowest BCUT2D eigenvalue weighted by molar-refractivity contribution is 0.142. The Hall–Kier alpha value is -2.59. The van der Waals surface area contributed by atoms with Crippen LogP contribution in [0, 0.1) is 5.92 Å². The predicted octanol–water partition coefficient (Wildman–Crippen LogP) is 5.48. The molecule has 2 aromatic rings. The number of unbranched alkanes of at least 4 members (excludes halogenated alkanes) is 1. The Morgan fingerprint density at radius 1 is 1.07 bits per heavy atom. The molecule has 3 atom stereocenters. The molecule has 0 bridgehead atoms. The van der Waals surface area contributed by atoms with E-state index in [1.807, 2.05) is 0 Å². The molecule has 1 saturated heterocycles. The molecule has 2 heterocycles. The zero-order valence-corrected chi connectivity index (χ0v) is 17.7. The van der Waals surface area contributed by atoms with Gasteiger partial charge in [-0.2, -0.15) is 5.10 Å². The van der Waals surface area contributed by atoms with Crippen LogP contribution in [0.2, 0.25) is 0 Å². The minimum Gasteiger partial charge on any atom is -0.280 e. The van der Waals surface area contributed by atoms with Gasteiger partial charge in [0.2, 0.25) is 0 Å².